The highest BCUT2D eigenvalue weighted by Crippen LogP contribution is 2.40. The molecule has 0 saturated carbocycles. The molecule has 0 aliphatic heterocycles. The van der Waals surface area contributed by atoms with Crippen LogP contribution in [0.4, 0.5) is 0 Å². The Hall–Kier alpha value is -7.94. The van der Waals surface area contributed by atoms with E-state index in [0.29, 0.717) is 11.3 Å². The first-order valence-corrected chi connectivity index (χ1v) is 20.1. The summed E-state index contributed by atoms with van der Waals surface area (Å²) in [5.41, 5.74) is 10.9. The molecule has 10 aromatic carbocycles. The molecule has 2 heterocycles. The van der Waals surface area contributed by atoms with Crippen LogP contribution in [0.2, 0.25) is 0 Å². The van der Waals surface area contributed by atoms with Gasteiger partial charge in [-0.2, -0.15) is 0 Å². The second kappa shape index (κ2) is 13.9. The van der Waals surface area contributed by atoms with E-state index in [4.69, 9.17) is 4.11 Å². The predicted molar refractivity (Wildman–Crippen MR) is 254 cm³/mol. The summed E-state index contributed by atoms with van der Waals surface area (Å²) in [6, 6.07) is 61.7. The van der Waals surface area contributed by atoms with Crippen LogP contribution in [0.3, 0.4) is 0 Å². The Labute approximate surface area is 358 Å². The Kier molecular flexibility index (Phi) is 6.39. The highest BCUT2D eigenvalue weighted by Gasteiger charge is 2.17. The van der Waals surface area contributed by atoms with E-state index in [1.807, 2.05) is 97.1 Å². The zero-order valence-corrected chi connectivity index (χ0v) is 32.3. The van der Waals surface area contributed by atoms with Crippen molar-refractivity contribution in [3.8, 4) is 55.9 Å². The van der Waals surface area contributed by atoms with E-state index in [1.54, 1.807) is 4.57 Å². The highest BCUT2D eigenvalue weighted by molar-refractivity contribution is 6.13. The lowest BCUT2D eigenvalue weighted by molar-refractivity contribution is 1.18. The summed E-state index contributed by atoms with van der Waals surface area (Å²) >= 11 is 0. The Bertz CT molecular complexity index is 3970. The number of rotatable bonds is 6. The molecule has 280 valence electrons. The zero-order chi connectivity index (χ0) is 45.7. The van der Waals surface area contributed by atoms with Gasteiger partial charge in [0.05, 0.1) is 31.7 Å². The van der Waals surface area contributed by atoms with Crippen LogP contribution in [0.25, 0.3) is 110 Å². The number of nitrogens with zero attached hydrogens (tertiary/aromatic N) is 2. The van der Waals surface area contributed by atoms with Crippen LogP contribution in [0.5, 0.6) is 0 Å². The maximum absolute atomic E-state index is 9.92. The molecule has 0 aliphatic carbocycles. The van der Waals surface area contributed by atoms with Crippen molar-refractivity contribution < 1.29 is 9.60 Å². The van der Waals surface area contributed by atoms with Crippen molar-refractivity contribution in [2.75, 3.05) is 0 Å². The molecule has 2 heteroatoms. The van der Waals surface area contributed by atoms with Gasteiger partial charge in [-0.25, -0.2) is 0 Å². The topological polar surface area (TPSA) is 9.86 Å². The van der Waals surface area contributed by atoms with Crippen LogP contribution >= 0.6 is 0 Å². The third-order valence-electron chi connectivity index (χ3n) is 11.8. The van der Waals surface area contributed by atoms with Gasteiger partial charge < -0.3 is 9.13 Å². The molecule has 12 rings (SSSR count). The second-order valence-electron chi connectivity index (χ2n) is 15.2. The van der Waals surface area contributed by atoms with Gasteiger partial charge in [-0.15, -0.1) is 0 Å². The lowest BCUT2D eigenvalue weighted by Crippen LogP contribution is -1.94. The number of hydrogen-bond donors (Lipinski definition) is 0. The fourth-order valence-corrected chi connectivity index (χ4v) is 8.79. The number of hydrogen-bond acceptors (Lipinski definition) is 0. The van der Waals surface area contributed by atoms with Crippen molar-refractivity contribution in [1.29, 1.82) is 0 Å². The lowest BCUT2D eigenvalue weighted by Gasteiger charge is -2.11. The molecular weight excluding hydrogens is 725 g/mol. The van der Waals surface area contributed by atoms with Crippen LogP contribution in [0.1, 0.15) is 9.60 Å². The molecule has 0 bridgehead atoms. The van der Waals surface area contributed by atoms with E-state index < -0.39 is 12.1 Å². The number of fused-ring (bicyclic) bond motifs is 7. The molecule has 60 heavy (non-hydrogen) atoms. The van der Waals surface area contributed by atoms with Crippen LogP contribution in [0.15, 0.2) is 230 Å². The van der Waals surface area contributed by atoms with Crippen molar-refractivity contribution in [2.45, 2.75) is 0 Å². The fraction of sp³-hybridized carbons (Fsp3) is 0. The van der Waals surface area contributed by atoms with Crippen LogP contribution < -0.4 is 0 Å². The highest BCUT2D eigenvalue weighted by atomic mass is 15.0. The minimum atomic E-state index is -0.424. The van der Waals surface area contributed by atoms with Crippen LogP contribution in [0, 0.1) is 0 Å². The summed E-state index contributed by atoms with van der Waals surface area (Å²) in [6.45, 7) is 0. The SMILES string of the molecule is [2H]c1c([2H])c([2H])c2c(c1[2H])c1c([2H])c(-c3ccc4c(c3)c3ccc(-c5ccc6ccccc6c5)cc3n4-c3ccc(-c4ccccc4)cc3)c([2H])c([2H])c1n2-c1ccc(-c2ccccc2)cc1. The van der Waals surface area contributed by atoms with Gasteiger partial charge in [0.2, 0.25) is 0 Å². The average Bonchev–Trinajstić information content (AvgIpc) is 3.91. The van der Waals surface area contributed by atoms with Gasteiger partial charge in [-0.1, -0.05) is 164 Å². The number of aromatic nitrogens is 2. The van der Waals surface area contributed by atoms with Gasteiger partial charge in [-0.05, 0) is 122 Å². The maximum Gasteiger partial charge on any atom is 0.0645 e. The Morgan fingerprint density at radius 2 is 0.817 bits per heavy atom. The summed E-state index contributed by atoms with van der Waals surface area (Å²) < 4.78 is 68.8. The summed E-state index contributed by atoms with van der Waals surface area (Å²) in [5, 5.41) is 4.55. The first kappa shape index (κ1) is 27.7. The largest absolute Gasteiger partial charge is 0.309 e. The van der Waals surface area contributed by atoms with Crippen molar-refractivity contribution in [2.24, 2.45) is 0 Å². The molecule has 2 aromatic heterocycles. The second-order valence-corrected chi connectivity index (χ2v) is 15.2. The molecule has 2 nitrogen and oxygen atoms in total. The van der Waals surface area contributed by atoms with E-state index >= 15 is 0 Å². The number of para-hydroxylation sites is 1. The molecule has 0 amide bonds. The zero-order valence-electron chi connectivity index (χ0n) is 39.3. The summed E-state index contributed by atoms with van der Waals surface area (Å²) in [4.78, 5) is 0. The molecule has 0 saturated heterocycles. The summed E-state index contributed by atoms with van der Waals surface area (Å²) in [5.74, 6) is 0. The first-order valence-electron chi connectivity index (χ1n) is 23.6. The quantitative estimate of drug-likeness (QED) is 0.159. The van der Waals surface area contributed by atoms with Gasteiger partial charge in [0.15, 0.2) is 0 Å². The monoisotopic (exact) mass is 769 g/mol. The van der Waals surface area contributed by atoms with E-state index in [0.717, 1.165) is 66.3 Å². The third kappa shape index (κ3) is 5.65. The van der Waals surface area contributed by atoms with E-state index in [2.05, 4.69) is 95.6 Å². The van der Waals surface area contributed by atoms with Gasteiger partial charge in [-0.3, -0.25) is 0 Å². The van der Waals surface area contributed by atoms with E-state index in [1.165, 1.54) is 5.39 Å². The van der Waals surface area contributed by atoms with E-state index in [9.17, 15) is 5.48 Å². The molecule has 0 N–H and O–H groups in total. The maximum atomic E-state index is 9.92. The molecule has 0 radical (unpaired) electrons. The van der Waals surface area contributed by atoms with E-state index in [-0.39, 0.29) is 57.6 Å². The van der Waals surface area contributed by atoms with Gasteiger partial charge in [0, 0.05) is 32.9 Å². The molecule has 0 spiro atoms. The van der Waals surface area contributed by atoms with Crippen molar-refractivity contribution in [3.05, 3.63) is 230 Å². The molecular formula is C58H38N2. The van der Waals surface area contributed by atoms with Crippen molar-refractivity contribution >= 4 is 54.4 Å². The van der Waals surface area contributed by atoms with Crippen molar-refractivity contribution in [1.82, 2.24) is 9.13 Å². The number of benzene rings is 10. The summed E-state index contributed by atoms with van der Waals surface area (Å²) in [6.07, 6.45) is 0. The average molecular weight is 770 g/mol. The first-order chi connectivity index (χ1) is 32.7. The molecule has 0 unspecified atom stereocenters. The van der Waals surface area contributed by atoms with Crippen molar-refractivity contribution in [3.63, 3.8) is 0 Å². The minimum absolute atomic E-state index is 0.0798. The normalized spacial score (nSPS) is 13.3. The van der Waals surface area contributed by atoms with Crippen LogP contribution in [-0.2, 0) is 0 Å². The Morgan fingerprint density at radius 3 is 1.53 bits per heavy atom. The van der Waals surface area contributed by atoms with Gasteiger partial charge >= 0.3 is 0 Å². The van der Waals surface area contributed by atoms with Gasteiger partial charge in [0.25, 0.3) is 0 Å². The summed E-state index contributed by atoms with van der Waals surface area (Å²) in [7, 11) is 0. The molecule has 12 aromatic rings. The minimum Gasteiger partial charge on any atom is -0.309 e. The Balaban J connectivity index is 1.08. The standard InChI is InChI=1S/C58H38N2/c1-3-11-39(12-4-1)42-21-28-49(29-22-42)59-55-18-10-9-17-51(55)53-36-46(26-33-56(53)59)47-27-34-57-54(37-47)52-32-25-48(45-20-19-41-15-7-8-16-44(41)35-45)38-58(52)60(57)50-30-23-43(24-31-50)40-13-5-2-6-14-40/h1-38H/i9D,10D,17D,18D,26D,33D,36D. The molecule has 0 fully saturated rings. The predicted octanol–water partition coefficient (Wildman–Crippen LogP) is 15.7. The van der Waals surface area contributed by atoms with Gasteiger partial charge in [0.1, 0.15) is 0 Å². The Morgan fingerprint density at radius 1 is 0.283 bits per heavy atom. The fourth-order valence-electron chi connectivity index (χ4n) is 8.79. The molecule has 0 atom stereocenters. The smallest absolute Gasteiger partial charge is 0.0645 e. The lowest BCUT2D eigenvalue weighted by atomic mass is 9.98. The third-order valence-corrected chi connectivity index (χ3v) is 11.8. The van der Waals surface area contributed by atoms with Crippen LogP contribution in [-0.4, -0.2) is 9.13 Å². The molecule has 0 aliphatic rings.